The number of hydrogen-bond donors (Lipinski definition) is 1. The van der Waals surface area contributed by atoms with Gasteiger partial charge in [0.25, 0.3) is 0 Å². The molecule has 2 fully saturated rings. The van der Waals surface area contributed by atoms with Gasteiger partial charge in [0.2, 0.25) is 5.91 Å². The van der Waals surface area contributed by atoms with E-state index in [1.54, 1.807) is 0 Å². The van der Waals surface area contributed by atoms with Crippen LogP contribution in [0.5, 0.6) is 6.01 Å². The number of ether oxygens (including phenoxy) is 2. The van der Waals surface area contributed by atoms with Crippen molar-refractivity contribution in [3.63, 3.8) is 0 Å². The molecule has 1 amide bonds. The van der Waals surface area contributed by atoms with Crippen molar-refractivity contribution >= 4 is 5.91 Å². The van der Waals surface area contributed by atoms with Gasteiger partial charge in [-0.05, 0) is 58.4 Å². The minimum absolute atomic E-state index is 0.122. The maximum absolute atomic E-state index is 12.3. The predicted octanol–water partition coefficient (Wildman–Crippen LogP) is 2.33. The van der Waals surface area contributed by atoms with Crippen LogP contribution in [0.25, 0.3) is 0 Å². The Hall–Kier alpha value is -1.69. The topological polar surface area (TPSA) is 73.3 Å². The van der Waals surface area contributed by atoms with E-state index in [0.29, 0.717) is 19.2 Å². The zero-order chi connectivity index (χ0) is 16.9. The summed E-state index contributed by atoms with van der Waals surface area (Å²) in [5.41, 5.74) is 1.85. The maximum Gasteiger partial charge on any atom is 0.317 e. The minimum atomic E-state index is 0.122. The normalized spacial score (nSPS) is 25.2. The van der Waals surface area contributed by atoms with E-state index >= 15 is 0 Å². The average Bonchev–Trinajstić information content (AvgIpc) is 2.56. The second-order valence-corrected chi connectivity index (χ2v) is 6.92. The molecule has 1 aromatic rings. The van der Waals surface area contributed by atoms with Gasteiger partial charge >= 0.3 is 6.01 Å². The van der Waals surface area contributed by atoms with Gasteiger partial charge in [-0.1, -0.05) is 0 Å². The Morgan fingerprint density at radius 3 is 2.33 bits per heavy atom. The maximum atomic E-state index is 12.3. The molecule has 2 heterocycles. The van der Waals surface area contributed by atoms with Crippen LogP contribution < -0.4 is 10.1 Å². The first-order valence-electron chi connectivity index (χ1n) is 8.97. The van der Waals surface area contributed by atoms with E-state index in [1.807, 2.05) is 19.9 Å². The molecule has 0 radical (unpaired) electrons. The van der Waals surface area contributed by atoms with Crippen LogP contribution in [0, 0.1) is 19.8 Å². The first-order chi connectivity index (χ1) is 11.6. The number of nitrogens with zero attached hydrogens (tertiary/aromatic N) is 2. The lowest BCUT2D eigenvalue weighted by Gasteiger charge is -2.30. The molecule has 132 valence electrons. The lowest BCUT2D eigenvalue weighted by Crippen LogP contribution is -2.43. The van der Waals surface area contributed by atoms with Crippen LogP contribution in [0.15, 0.2) is 6.07 Å². The summed E-state index contributed by atoms with van der Waals surface area (Å²) >= 11 is 0. The molecule has 6 heteroatoms. The first kappa shape index (κ1) is 17.1. The van der Waals surface area contributed by atoms with Gasteiger partial charge in [0, 0.05) is 36.6 Å². The van der Waals surface area contributed by atoms with Crippen molar-refractivity contribution < 1.29 is 14.3 Å². The van der Waals surface area contributed by atoms with Crippen molar-refractivity contribution in [2.75, 3.05) is 13.2 Å². The van der Waals surface area contributed by atoms with Crippen LogP contribution >= 0.6 is 0 Å². The summed E-state index contributed by atoms with van der Waals surface area (Å²) in [6.45, 7) is 5.30. The van der Waals surface area contributed by atoms with Gasteiger partial charge in [0.15, 0.2) is 0 Å². The third kappa shape index (κ3) is 4.66. The van der Waals surface area contributed by atoms with E-state index in [0.717, 1.165) is 49.9 Å². The Morgan fingerprint density at radius 2 is 1.71 bits per heavy atom. The summed E-state index contributed by atoms with van der Waals surface area (Å²) in [6.07, 6.45) is 5.57. The lowest BCUT2D eigenvalue weighted by atomic mass is 9.91. The number of carbonyl (C=O) groups excluding carboxylic acids is 1. The number of hydrogen-bond acceptors (Lipinski definition) is 5. The fourth-order valence-corrected chi connectivity index (χ4v) is 3.50. The van der Waals surface area contributed by atoms with Gasteiger partial charge in [0.05, 0.1) is 0 Å². The van der Waals surface area contributed by atoms with Gasteiger partial charge in [-0.15, -0.1) is 0 Å². The van der Waals surface area contributed by atoms with Crippen molar-refractivity contribution in [2.45, 2.75) is 64.5 Å². The van der Waals surface area contributed by atoms with Gasteiger partial charge in [-0.3, -0.25) is 4.79 Å². The third-order valence-corrected chi connectivity index (χ3v) is 4.85. The van der Waals surface area contributed by atoms with Gasteiger partial charge in [-0.2, -0.15) is 0 Å². The molecule has 1 aliphatic carbocycles. The van der Waals surface area contributed by atoms with Crippen LogP contribution in [0.2, 0.25) is 0 Å². The van der Waals surface area contributed by atoms with Crippen molar-refractivity contribution in [1.82, 2.24) is 15.3 Å². The fourth-order valence-electron chi connectivity index (χ4n) is 3.50. The minimum Gasteiger partial charge on any atom is -0.460 e. The summed E-state index contributed by atoms with van der Waals surface area (Å²) in [5, 5.41) is 3.21. The molecule has 24 heavy (non-hydrogen) atoms. The van der Waals surface area contributed by atoms with E-state index in [-0.39, 0.29) is 24.0 Å². The highest BCUT2D eigenvalue weighted by atomic mass is 16.5. The molecule has 0 atom stereocenters. The summed E-state index contributed by atoms with van der Waals surface area (Å²) < 4.78 is 11.3. The Kier molecular flexibility index (Phi) is 5.66. The highest BCUT2D eigenvalue weighted by Crippen LogP contribution is 2.23. The van der Waals surface area contributed by atoms with Crippen molar-refractivity contribution in [2.24, 2.45) is 5.92 Å². The highest BCUT2D eigenvalue weighted by molar-refractivity contribution is 5.79. The van der Waals surface area contributed by atoms with Crippen LogP contribution in [-0.2, 0) is 9.53 Å². The number of carbonyl (C=O) groups is 1. The highest BCUT2D eigenvalue weighted by Gasteiger charge is 2.27. The summed E-state index contributed by atoms with van der Waals surface area (Å²) in [7, 11) is 0. The van der Waals surface area contributed by atoms with Crippen molar-refractivity contribution in [1.29, 1.82) is 0 Å². The quantitative estimate of drug-likeness (QED) is 0.915. The van der Waals surface area contributed by atoms with E-state index in [4.69, 9.17) is 9.47 Å². The monoisotopic (exact) mass is 333 g/mol. The zero-order valence-electron chi connectivity index (χ0n) is 14.6. The van der Waals surface area contributed by atoms with E-state index in [2.05, 4.69) is 15.3 Å². The van der Waals surface area contributed by atoms with E-state index in [9.17, 15) is 4.79 Å². The predicted molar refractivity (Wildman–Crippen MR) is 89.9 cm³/mol. The molecule has 1 saturated carbocycles. The molecule has 3 rings (SSSR count). The Morgan fingerprint density at radius 1 is 1.08 bits per heavy atom. The molecule has 0 bridgehead atoms. The Labute approximate surface area is 143 Å². The lowest BCUT2D eigenvalue weighted by molar-refractivity contribution is -0.128. The molecule has 1 saturated heterocycles. The zero-order valence-corrected chi connectivity index (χ0v) is 14.6. The van der Waals surface area contributed by atoms with Crippen LogP contribution in [-0.4, -0.2) is 41.2 Å². The number of aryl methyl sites for hydroxylation is 2. The number of rotatable bonds is 4. The largest absolute Gasteiger partial charge is 0.460 e. The molecule has 1 aliphatic heterocycles. The Balaban J connectivity index is 1.44. The summed E-state index contributed by atoms with van der Waals surface area (Å²) in [5.74, 6) is 0.316. The van der Waals surface area contributed by atoms with Crippen molar-refractivity contribution in [3.8, 4) is 6.01 Å². The molecule has 0 spiro atoms. The Bertz CT molecular complexity index is 544. The average molecular weight is 333 g/mol. The molecular formula is C18H27N3O3. The smallest absolute Gasteiger partial charge is 0.317 e. The number of amides is 1. The summed E-state index contributed by atoms with van der Waals surface area (Å²) in [6, 6.07) is 2.68. The van der Waals surface area contributed by atoms with Gasteiger partial charge in [-0.25, -0.2) is 9.97 Å². The molecule has 1 aromatic heterocycles. The molecular weight excluding hydrogens is 306 g/mol. The molecule has 6 nitrogen and oxygen atoms in total. The third-order valence-electron chi connectivity index (χ3n) is 4.85. The SMILES string of the molecule is Cc1cc(C)nc(OC2CCC(NC(=O)C3CCOCC3)CC2)n1. The summed E-state index contributed by atoms with van der Waals surface area (Å²) in [4.78, 5) is 21.0. The van der Waals surface area contributed by atoms with E-state index < -0.39 is 0 Å². The molecule has 1 N–H and O–H groups in total. The standard InChI is InChI=1S/C18H27N3O3/c1-12-11-13(2)20-18(19-12)24-16-5-3-15(4-6-16)21-17(22)14-7-9-23-10-8-14/h11,14-16H,3-10H2,1-2H3,(H,21,22). The van der Waals surface area contributed by atoms with Crippen molar-refractivity contribution in [3.05, 3.63) is 17.5 Å². The number of aromatic nitrogens is 2. The van der Waals surface area contributed by atoms with Crippen LogP contribution in [0.4, 0.5) is 0 Å². The first-order valence-corrected chi connectivity index (χ1v) is 8.97. The fraction of sp³-hybridized carbons (Fsp3) is 0.722. The van der Waals surface area contributed by atoms with Crippen LogP contribution in [0.1, 0.15) is 49.9 Å². The van der Waals surface area contributed by atoms with Gasteiger partial charge in [0.1, 0.15) is 6.10 Å². The molecule has 0 unspecified atom stereocenters. The number of nitrogens with one attached hydrogen (secondary N) is 1. The molecule has 0 aromatic carbocycles. The molecule has 2 aliphatic rings. The van der Waals surface area contributed by atoms with Gasteiger partial charge < -0.3 is 14.8 Å². The van der Waals surface area contributed by atoms with E-state index in [1.165, 1.54) is 0 Å². The second kappa shape index (κ2) is 7.92. The van der Waals surface area contributed by atoms with Crippen LogP contribution in [0.3, 0.4) is 0 Å². The second-order valence-electron chi connectivity index (χ2n) is 6.92.